The lowest BCUT2D eigenvalue weighted by atomic mass is 9.95. The van der Waals surface area contributed by atoms with Crippen LogP contribution >= 0.6 is 0 Å². The SMILES string of the molecule is OCCC(CNC1CCOCC1)c1ccccc1. The van der Waals surface area contributed by atoms with Gasteiger partial charge in [0.25, 0.3) is 0 Å². The summed E-state index contributed by atoms with van der Waals surface area (Å²) in [4.78, 5) is 0. The molecule has 1 fully saturated rings. The lowest BCUT2D eigenvalue weighted by Gasteiger charge is -2.26. The topological polar surface area (TPSA) is 41.5 Å². The summed E-state index contributed by atoms with van der Waals surface area (Å²) in [6.45, 7) is 2.92. The minimum absolute atomic E-state index is 0.245. The molecule has 0 amide bonds. The number of benzene rings is 1. The molecule has 0 bridgehead atoms. The van der Waals surface area contributed by atoms with Gasteiger partial charge in [-0.05, 0) is 30.7 Å². The molecule has 0 aromatic heterocycles. The average Bonchev–Trinajstić information content (AvgIpc) is 2.45. The zero-order valence-corrected chi connectivity index (χ0v) is 10.8. The molecule has 1 atom stereocenters. The van der Waals surface area contributed by atoms with Crippen molar-refractivity contribution < 1.29 is 9.84 Å². The molecule has 1 saturated heterocycles. The number of hydrogen-bond donors (Lipinski definition) is 2. The average molecular weight is 249 g/mol. The van der Waals surface area contributed by atoms with Gasteiger partial charge >= 0.3 is 0 Å². The van der Waals surface area contributed by atoms with Crippen molar-refractivity contribution in [2.24, 2.45) is 0 Å². The van der Waals surface area contributed by atoms with Gasteiger partial charge < -0.3 is 15.2 Å². The van der Waals surface area contributed by atoms with Gasteiger partial charge in [0.1, 0.15) is 0 Å². The molecule has 3 heteroatoms. The molecule has 0 aliphatic carbocycles. The van der Waals surface area contributed by atoms with Crippen molar-refractivity contribution in [1.82, 2.24) is 5.32 Å². The Morgan fingerprint density at radius 1 is 1.22 bits per heavy atom. The van der Waals surface area contributed by atoms with E-state index in [2.05, 4.69) is 29.6 Å². The van der Waals surface area contributed by atoms with Crippen LogP contribution in [0, 0.1) is 0 Å². The maximum Gasteiger partial charge on any atom is 0.0480 e. The van der Waals surface area contributed by atoms with Crippen LogP contribution < -0.4 is 5.32 Å². The van der Waals surface area contributed by atoms with Gasteiger partial charge in [-0.15, -0.1) is 0 Å². The summed E-state index contributed by atoms with van der Waals surface area (Å²) in [6, 6.07) is 11.0. The summed E-state index contributed by atoms with van der Waals surface area (Å²) >= 11 is 0. The van der Waals surface area contributed by atoms with E-state index in [9.17, 15) is 5.11 Å². The quantitative estimate of drug-likeness (QED) is 0.809. The Balaban J connectivity index is 1.86. The molecule has 2 N–H and O–H groups in total. The summed E-state index contributed by atoms with van der Waals surface area (Å²) in [6.07, 6.45) is 3.02. The van der Waals surface area contributed by atoms with Crippen molar-refractivity contribution >= 4 is 0 Å². The Morgan fingerprint density at radius 2 is 1.94 bits per heavy atom. The Hall–Kier alpha value is -0.900. The van der Waals surface area contributed by atoms with Gasteiger partial charge in [0.05, 0.1) is 0 Å². The fourth-order valence-electron chi connectivity index (χ4n) is 2.48. The van der Waals surface area contributed by atoms with E-state index in [1.165, 1.54) is 5.56 Å². The van der Waals surface area contributed by atoms with Crippen molar-refractivity contribution in [3.05, 3.63) is 35.9 Å². The molecule has 1 aliphatic rings. The lowest BCUT2D eigenvalue weighted by molar-refractivity contribution is 0.0774. The van der Waals surface area contributed by atoms with Crippen LogP contribution in [0.1, 0.15) is 30.7 Å². The van der Waals surface area contributed by atoms with Crippen molar-refractivity contribution in [3.63, 3.8) is 0 Å². The van der Waals surface area contributed by atoms with E-state index < -0.39 is 0 Å². The van der Waals surface area contributed by atoms with Crippen LogP contribution in [0.5, 0.6) is 0 Å². The molecule has 0 radical (unpaired) electrons. The third-order valence-corrected chi connectivity index (χ3v) is 3.62. The minimum atomic E-state index is 0.245. The van der Waals surface area contributed by atoms with Gasteiger partial charge in [-0.1, -0.05) is 30.3 Å². The molecule has 1 aromatic carbocycles. The number of aliphatic hydroxyl groups is 1. The predicted molar refractivity (Wildman–Crippen MR) is 72.7 cm³/mol. The largest absolute Gasteiger partial charge is 0.396 e. The van der Waals surface area contributed by atoms with Crippen molar-refractivity contribution in [2.75, 3.05) is 26.4 Å². The Kier molecular flexibility index (Phi) is 5.65. The van der Waals surface area contributed by atoms with E-state index >= 15 is 0 Å². The normalized spacial score (nSPS) is 18.7. The first-order valence-corrected chi connectivity index (χ1v) is 6.87. The zero-order valence-electron chi connectivity index (χ0n) is 10.8. The molecule has 3 nitrogen and oxygen atoms in total. The maximum absolute atomic E-state index is 9.19. The van der Waals surface area contributed by atoms with Gasteiger partial charge in [-0.2, -0.15) is 0 Å². The van der Waals surface area contributed by atoms with E-state index in [0.29, 0.717) is 12.0 Å². The number of hydrogen-bond acceptors (Lipinski definition) is 3. The van der Waals surface area contributed by atoms with Crippen LogP contribution in [0.15, 0.2) is 30.3 Å². The summed E-state index contributed by atoms with van der Waals surface area (Å²) in [5.74, 6) is 0.402. The molecule has 100 valence electrons. The highest BCUT2D eigenvalue weighted by atomic mass is 16.5. The molecular formula is C15H23NO2. The van der Waals surface area contributed by atoms with Crippen LogP contribution in [0.25, 0.3) is 0 Å². The molecular weight excluding hydrogens is 226 g/mol. The van der Waals surface area contributed by atoms with Gasteiger partial charge in [-0.3, -0.25) is 0 Å². The summed E-state index contributed by atoms with van der Waals surface area (Å²) < 4.78 is 5.36. The monoisotopic (exact) mass is 249 g/mol. The number of rotatable bonds is 6. The Bertz CT molecular complexity index is 323. The van der Waals surface area contributed by atoms with Crippen LogP contribution in [0.3, 0.4) is 0 Å². The fourth-order valence-corrected chi connectivity index (χ4v) is 2.48. The van der Waals surface area contributed by atoms with Gasteiger partial charge in [0.2, 0.25) is 0 Å². The first-order chi connectivity index (χ1) is 8.90. The zero-order chi connectivity index (χ0) is 12.6. The highest BCUT2D eigenvalue weighted by Crippen LogP contribution is 2.19. The van der Waals surface area contributed by atoms with Crippen LogP contribution in [0.4, 0.5) is 0 Å². The third-order valence-electron chi connectivity index (χ3n) is 3.62. The molecule has 18 heavy (non-hydrogen) atoms. The molecule has 1 unspecified atom stereocenters. The first kappa shape index (κ1) is 13.5. The van der Waals surface area contributed by atoms with Crippen molar-refractivity contribution in [3.8, 4) is 0 Å². The Morgan fingerprint density at radius 3 is 2.61 bits per heavy atom. The van der Waals surface area contributed by atoms with Crippen LogP contribution in [0.2, 0.25) is 0 Å². The van der Waals surface area contributed by atoms with E-state index in [-0.39, 0.29) is 6.61 Å². The standard InChI is InChI=1S/C15H23NO2/c17-9-6-14(13-4-2-1-3-5-13)12-16-15-7-10-18-11-8-15/h1-5,14-17H,6-12H2. The van der Waals surface area contributed by atoms with E-state index in [0.717, 1.165) is 39.0 Å². The van der Waals surface area contributed by atoms with E-state index in [4.69, 9.17) is 4.74 Å². The lowest BCUT2D eigenvalue weighted by Crippen LogP contribution is -2.37. The minimum Gasteiger partial charge on any atom is -0.396 e. The van der Waals surface area contributed by atoms with Gasteiger partial charge in [-0.25, -0.2) is 0 Å². The molecule has 1 aliphatic heterocycles. The summed E-state index contributed by atoms with van der Waals surface area (Å²) in [7, 11) is 0. The van der Waals surface area contributed by atoms with Crippen molar-refractivity contribution in [1.29, 1.82) is 0 Å². The van der Waals surface area contributed by atoms with Gasteiger partial charge in [0, 0.05) is 32.4 Å². The van der Waals surface area contributed by atoms with E-state index in [1.807, 2.05) is 6.07 Å². The smallest absolute Gasteiger partial charge is 0.0480 e. The summed E-state index contributed by atoms with van der Waals surface area (Å²) in [5, 5.41) is 12.8. The molecule has 0 spiro atoms. The fraction of sp³-hybridized carbons (Fsp3) is 0.600. The van der Waals surface area contributed by atoms with Crippen LogP contribution in [-0.2, 0) is 4.74 Å². The molecule has 1 heterocycles. The number of aliphatic hydroxyl groups excluding tert-OH is 1. The number of ether oxygens (including phenoxy) is 1. The highest BCUT2D eigenvalue weighted by molar-refractivity contribution is 5.19. The van der Waals surface area contributed by atoms with Crippen molar-refractivity contribution in [2.45, 2.75) is 31.2 Å². The first-order valence-electron chi connectivity index (χ1n) is 6.87. The summed E-state index contributed by atoms with van der Waals surface area (Å²) in [5.41, 5.74) is 1.31. The predicted octanol–water partition coefficient (Wildman–Crippen LogP) is 1.92. The van der Waals surface area contributed by atoms with E-state index in [1.54, 1.807) is 0 Å². The second kappa shape index (κ2) is 7.52. The van der Waals surface area contributed by atoms with Gasteiger partial charge in [0.15, 0.2) is 0 Å². The number of nitrogens with one attached hydrogen (secondary N) is 1. The highest BCUT2D eigenvalue weighted by Gasteiger charge is 2.16. The third kappa shape index (κ3) is 4.09. The second-order valence-corrected chi connectivity index (χ2v) is 4.91. The molecule has 2 rings (SSSR count). The maximum atomic E-state index is 9.19. The molecule has 1 aromatic rings. The second-order valence-electron chi connectivity index (χ2n) is 4.91. The van der Waals surface area contributed by atoms with Crippen LogP contribution in [-0.4, -0.2) is 37.5 Å². The Labute approximate surface area is 109 Å². The molecule has 0 saturated carbocycles.